The van der Waals surface area contributed by atoms with Crippen molar-refractivity contribution in [3.8, 4) is 11.1 Å². The quantitative estimate of drug-likeness (QED) is 0.927. The molecule has 2 aromatic carbocycles. The minimum atomic E-state index is -0.711. The summed E-state index contributed by atoms with van der Waals surface area (Å²) in [5, 5.41) is 0. The summed E-state index contributed by atoms with van der Waals surface area (Å²) in [5.41, 5.74) is 7.69. The molecule has 23 heavy (non-hydrogen) atoms. The normalized spacial score (nSPS) is 21.3. The Bertz CT molecular complexity index is 802. The summed E-state index contributed by atoms with van der Waals surface area (Å²) in [7, 11) is 1.61. The highest BCUT2D eigenvalue weighted by Gasteiger charge is 2.36. The third-order valence-corrected chi connectivity index (χ3v) is 4.22. The Balaban J connectivity index is 2.05. The average molecular weight is 311 g/mol. The van der Waals surface area contributed by atoms with Gasteiger partial charge in [0.15, 0.2) is 5.96 Å². The summed E-state index contributed by atoms with van der Waals surface area (Å²) in [6, 6.07) is 14.1. The van der Waals surface area contributed by atoms with Crippen molar-refractivity contribution >= 4 is 11.9 Å². The van der Waals surface area contributed by atoms with E-state index >= 15 is 0 Å². The highest BCUT2D eigenvalue weighted by molar-refractivity contribution is 5.98. The summed E-state index contributed by atoms with van der Waals surface area (Å²) in [6.07, 6.45) is 0.247. The molecule has 0 saturated carbocycles. The lowest BCUT2D eigenvalue weighted by Crippen LogP contribution is -2.47. The predicted octanol–water partition coefficient (Wildman–Crippen LogP) is 2.88. The predicted molar refractivity (Wildman–Crippen MR) is 88.2 cm³/mol. The van der Waals surface area contributed by atoms with Gasteiger partial charge in [-0.3, -0.25) is 9.69 Å². The van der Waals surface area contributed by atoms with Crippen molar-refractivity contribution < 1.29 is 9.18 Å². The Morgan fingerprint density at radius 2 is 1.83 bits per heavy atom. The molecule has 1 aliphatic heterocycles. The number of hydrogen-bond acceptors (Lipinski definition) is 3. The number of rotatable bonds is 2. The van der Waals surface area contributed by atoms with E-state index in [4.69, 9.17) is 5.73 Å². The second kappa shape index (κ2) is 5.50. The van der Waals surface area contributed by atoms with Crippen molar-refractivity contribution in [2.24, 2.45) is 10.7 Å². The van der Waals surface area contributed by atoms with Crippen LogP contribution in [-0.2, 0) is 10.3 Å². The standard InChI is InChI=1S/C18H18FN3O/c1-18(11-16(23)22(2)17(20)21-18)14-7-3-5-12(9-14)13-6-4-8-15(19)10-13/h3-10H,11H2,1-2H3,(H2,20,21)/t18-/m0/s1. The molecule has 0 unspecified atom stereocenters. The molecule has 5 heteroatoms. The fraction of sp³-hybridized carbons (Fsp3) is 0.222. The molecule has 118 valence electrons. The van der Waals surface area contributed by atoms with Crippen LogP contribution in [0.2, 0.25) is 0 Å². The maximum atomic E-state index is 13.4. The smallest absolute Gasteiger partial charge is 0.231 e. The second-order valence-electron chi connectivity index (χ2n) is 5.96. The number of aliphatic imine (C=N–C) groups is 1. The number of carbonyl (C=O) groups excluding carboxylic acids is 1. The van der Waals surface area contributed by atoms with E-state index in [0.717, 1.165) is 16.7 Å². The van der Waals surface area contributed by atoms with E-state index in [-0.39, 0.29) is 24.1 Å². The molecule has 2 aromatic rings. The van der Waals surface area contributed by atoms with Crippen LogP contribution < -0.4 is 5.73 Å². The highest BCUT2D eigenvalue weighted by Crippen LogP contribution is 2.34. The number of nitrogens with zero attached hydrogens (tertiary/aromatic N) is 2. The van der Waals surface area contributed by atoms with Crippen LogP contribution in [0.15, 0.2) is 53.5 Å². The molecule has 1 atom stereocenters. The van der Waals surface area contributed by atoms with Gasteiger partial charge < -0.3 is 5.73 Å². The van der Waals surface area contributed by atoms with Crippen LogP contribution in [0.3, 0.4) is 0 Å². The average Bonchev–Trinajstić information content (AvgIpc) is 2.53. The first kappa shape index (κ1) is 15.2. The van der Waals surface area contributed by atoms with E-state index in [1.54, 1.807) is 13.1 Å². The van der Waals surface area contributed by atoms with E-state index in [1.165, 1.54) is 17.0 Å². The molecule has 0 fully saturated rings. The van der Waals surface area contributed by atoms with Crippen LogP contribution in [-0.4, -0.2) is 23.8 Å². The van der Waals surface area contributed by atoms with Gasteiger partial charge in [0.1, 0.15) is 5.82 Å². The van der Waals surface area contributed by atoms with Gasteiger partial charge in [-0.1, -0.05) is 30.3 Å². The van der Waals surface area contributed by atoms with Crippen LogP contribution >= 0.6 is 0 Å². The van der Waals surface area contributed by atoms with Gasteiger partial charge in [0, 0.05) is 7.05 Å². The van der Waals surface area contributed by atoms with E-state index in [2.05, 4.69) is 4.99 Å². The van der Waals surface area contributed by atoms with Gasteiger partial charge in [0.2, 0.25) is 5.91 Å². The van der Waals surface area contributed by atoms with Gasteiger partial charge in [-0.05, 0) is 41.8 Å². The van der Waals surface area contributed by atoms with Gasteiger partial charge >= 0.3 is 0 Å². The SMILES string of the molecule is CN1C(=O)C[C@@](C)(c2cccc(-c3cccc(F)c3)c2)N=C1N. The molecule has 1 aliphatic rings. The molecular formula is C18H18FN3O. The molecule has 0 saturated heterocycles. The van der Waals surface area contributed by atoms with E-state index in [9.17, 15) is 9.18 Å². The lowest BCUT2D eigenvalue weighted by atomic mass is 9.86. The van der Waals surface area contributed by atoms with Gasteiger partial charge in [-0.15, -0.1) is 0 Å². The highest BCUT2D eigenvalue weighted by atomic mass is 19.1. The third-order valence-electron chi connectivity index (χ3n) is 4.22. The van der Waals surface area contributed by atoms with Gasteiger partial charge in [0.25, 0.3) is 0 Å². The molecule has 1 heterocycles. The Kier molecular flexibility index (Phi) is 3.64. The van der Waals surface area contributed by atoms with Gasteiger partial charge in [0.05, 0.1) is 12.0 Å². The zero-order chi connectivity index (χ0) is 16.6. The number of carbonyl (C=O) groups is 1. The van der Waals surface area contributed by atoms with E-state index in [1.807, 2.05) is 37.3 Å². The summed E-state index contributed by atoms with van der Waals surface area (Å²) >= 11 is 0. The molecule has 0 aromatic heterocycles. The monoisotopic (exact) mass is 311 g/mol. The molecule has 0 spiro atoms. The maximum absolute atomic E-state index is 13.4. The Labute approximate surface area is 134 Å². The largest absolute Gasteiger partial charge is 0.369 e. The van der Waals surface area contributed by atoms with Crippen LogP contribution in [0.5, 0.6) is 0 Å². The lowest BCUT2D eigenvalue weighted by Gasteiger charge is -2.33. The first-order chi connectivity index (χ1) is 10.9. The Hall–Kier alpha value is -2.69. The minimum Gasteiger partial charge on any atom is -0.369 e. The maximum Gasteiger partial charge on any atom is 0.231 e. The van der Waals surface area contributed by atoms with Crippen LogP contribution in [0.25, 0.3) is 11.1 Å². The lowest BCUT2D eigenvalue weighted by molar-refractivity contribution is -0.128. The van der Waals surface area contributed by atoms with Crippen molar-refractivity contribution in [3.05, 3.63) is 59.9 Å². The fourth-order valence-electron chi connectivity index (χ4n) is 2.78. The summed E-state index contributed by atoms with van der Waals surface area (Å²) in [6.45, 7) is 1.88. The summed E-state index contributed by atoms with van der Waals surface area (Å²) < 4.78 is 13.4. The van der Waals surface area contributed by atoms with Crippen LogP contribution in [0, 0.1) is 5.82 Å². The number of amides is 1. The molecule has 2 N–H and O–H groups in total. The molecular weight excluding hydrogens is 293 g/mol. The summed E-state index contributed by atoms with van der Waals surface area (Å²) in [5.74, 6) is -0.146. The van der Waals surface area contributed by atoms with Crippen molar-refractivity contribution in [1.29, 1.82) is 0 Å². The summed E-state index contributed by atoms with van der Waals surface area (Å²) in [4.78, 5) is 18.0. The molecule has 0 radical (unpaired) electrons. The zero-order valence-corrected chi connectivity index (χ0v) is 13.1. The number of benzene rings is 2. The minimum absolute atomic E-state index is 0.0730. The number of hydrogen-bond donors (Lipinski definition) is 1. The van der Waals surface area contributed by atoms with Gasteiger partial charge in [-0.25, -0.2) is 9.38 Å². The number of guanidine groups is 1. The first-order valence-corrected chi connectivity index (χ1v) is 7.37. The van der Waals surface area contributed by atoms with E-state index in [0.29, 0.717) is 0 Å². The first-order valence-electron chi connectivity index (χ1n) is 7.37. The van der Waals surface area contributed by atoms with Crippen molar-refractivity contribution in [2.75, 3.05) is 7.05 Å². The molecule has 0 aliphatic carbocycles. The fourth-order valence-corrected chi connectivity index (χ4v) is 2.78. The molecule has 1 amide bonds. The molecule has 3 rings (SSSR count). The third kappa shape index (κ3) is 2.82. The van der Waals surface area contributed by atoms with Crippen molar-refractivity contribution in [1.82, 2.24) is 4.90 Å². The second-order valence-corrected chi connectivity index (χ2v) is 5.96. The Morgan fingerprint density at radius 1 is 1.17 bits per heavy atom. The van der Waals surface area contributed by atoms with Crippen molar-refractivity contribution in [3.63, 3.8) is 0 Å². The van der Waals surface area contributed by atoms with Crippen molar-refractivity contribution in [2.45, 2.75) is 18.9 Å². The zero-order valence-electron chi connectivity index (χ0n) is 13.1. The van der Waals surface area contributed by atoms with Crippen LogP contribution in [0.1, 0.15) is 18.9 Å². The molecule has 4 nitrogen and oxygen atoms in total. The Morgan fingerprint density at radius 3 is 2.48 bits per heavy atom. The topological polar surface area (TPSA) is 58.7 Å². The van der Waals surface area contributed by atoms with Gasteiger partial charge in [-0.2, -0.15) is 0 Å². The van der Waals surface area contributed by atoms with Crippen LogP contribution in [0.4, 0.5) is 4.39 Å². The molecule has 0 bridgehead atoms. The number of halogens is 1. The van der Waals surface area contributed by atoms with E-state index < -0.39 is 5.54 Å². The number of nitrogens with two attached hydrogens (primary N) is 1.